The topological polar surface area (TPSA) is 66.9 Å². The summed E-state index contributed by atoms with van der Waals surface area (Å²) in [6, 6.07) is 7.77. The molecule has 25 heavy (non-hydrogen) atoms. The number of methoxy groups -OCH3 is 1. The highest BCUT2D eigenvalue weighted by atomic mass is 16.5. The van der Waals surface area contributed by atoms with Crippen molar-refractivity contribution in [1.29, 1.82) is 0 Å². The predicted molar refractivity (Wildman–Crippen MR) is 93.0 cm³/mol. The Morgan fingerprint density at radius 2 is 1.88 bits per heavy atom. The number of ether oxygens (including phenoxy) is 1. The van der Waals surface area contributed by atoms with Crippen LogP contribution in [0.25, 0.3) is 0 Å². The van der Waals surface area contributed by atoms with E-state index in [0.29, 0.717) is 32.5 Å². The molecule has 2 amide bonds. The second kappa shape index (κ2) is 7.25. The van der Waals surface area contributed by atoms with Gasteiger partial charge in [0.25, 0.3) is 0 Å². The van der Waals surface area contributed by atoms with Crippen LogP contribution >= 0.6 is 0 Å². The number of aryl methyl sites for hydroxylation is 1. The van der Waals surface area contributed by atoms with E-state index in [-0.39, 0.29) is 36.0 Å². The smallest absolute Gasteiger partial charge is 0.308 e. The molecule has 0 unspecified atom stereocenters. The van der Waals surface area contributed by atoms with Gasteiger partial charge in [-0.1, -0.05) is 12.1 Å². The van der Waals surface area contributed by atoms with Gasteiger partial charge in [-0.05, 0) is 37.5 Å². The van der Waals surface area contributed by atoms with Gasteiger partial charge in [-0.3, -0.25) is 14.4 Å². The molecule has 2 aliphatic heterocycles. The second-order valence-electron chi connectivity index (χ2n) is 6.87. The number of nitrogens with zero attached hydrogens (tertiary/aromatic N) is 2. The van der Waals surface area contributed by atoms with Crippen LogP contribution in [0.1, 0.15) is 24.8 Å². The Balaban J connectivity index is 1.61. The molecule has 3 rings (SSSR count). The summed E-state index contributed by atoms with van der Waals surface area (Å²) in [5, 5.41) is 0. The molecule has 0 saturated carbocycles. The van der Waals surface area contributed by atoms with Crippen molar-refractivity contribution >= 4 is 23.5 Å². The Hall–Kier alpha value is -2.37. The van der Waals surface area contributed by atoms with Crippen LogP contribution in [0.15, 0.2) is 24.3 Å². The lowest BCUT2D eigenvalue weighted by molar-refractivity contribution is -0.149. The van der Waals surface area contributed by atoms with Crippen molar-refractivity contribution in [2.75, 3.05) is 31.6 Å². The largest absolute Gasteiger partial charge is 0.469 e. The number of amides is 2. The van der Waals surface area contributed by atoms with Gasteiger partial charge in [0.2, 0.25) is 11.8 Å². The molecule has 1 aromatic rings. The summed E-state index contributed by atoms with van der Waals surface area (Å²) >= 11 is 0. The number of likely N-dealkylation sites (tertiary alicyclic amines) is 1. The molecule has 1 aromatic carbocycles. The number of carbonyl (C=O) groups is 3. The zero-order chi connectivity index (χ0) is 18.0. The molecule has 0 aromatic heterocycles. The summed E-state index contributed by atoms with van der Waals surface area (Å²) in [4.78, 5) is 40.2. The number of esters is 1. The lowest BCUT2D eigenvalue weighted by Crippen LogP contribution is -2.43. The van der Waals surface area contributed by atoms with Gasteiger partial charge in [-0.15, -0.1) is 0 Å². The van der Waals surface area contributed by atoms with Gasteiger partial charge in [-0.2, -0.15) is 0 Å². The fourth-order valence-electron chi connectivity index (χ4n) is 3.68. The Morgan fingerprint density at radius 3 is 2.52 bits per heavy atom. The second-order valence-corrected chi connectivity index (χ2v) is 6.87. The van der Waals surface area contributed by atoms with Gasteiger partial charge in [0.1, 0.15) is 0 Å². The Kier molecular flexibility index (Phi) is 5.06. The Labute approximate surface area is 147 Å². The van der Waals surface area contributed by atoms with Crippen LogP contribution in [0.2, 0.25) is 0 Å². The van der Waals surface area contributed by atoms with Crippen molar-refractivity contribution < 1.29 is 19.1 Å². The van der Waals surface area contributed by atoms with E-state index in [1.54, 1.807) is 9.80 Å². The molecular weight excluding hydrogens is 320 g/mol. The van der Waals surface area contributed by atoms with Gasteiger partial charge in [0.05, 0.1) is 18.9 Å². The highest BCUT2D eigenvalue weighted by Crippen LogP contribution is 2.28. The lowest BCUT2D eigenvalue weighted by atomic mass is 9.95. The van der Waals surface area contributed by atoms with Gasteiger partial charge in [0.15, 0.2) is 0 Å². The van der Waals surface area contributed by atoms with Crippen molar-refractivity contribution in [1.82, 2.24) is 4.90 Å². The summed E-state index contributed by atoms with van der Waals surface area (Å²) in [6.07, 6.45) is 1.51. The van der Waals surface area contributed by atoms with E-state index in [9.17, 15) is 14.4 Å². The molecule has 2 aliphatic rings. The molecule has 0 bridgehead atoms. The van der Waals surface area contributed by atoms with Crippen molar-refractivity contribution in [3.8, 4) is 0 Å². The third kappa shape index (κ3) is 3.67. The molecule has 0 radical (unpaired) electrons. The maximum Gasteiger partial charge on any atom is 0.308 e. The van der Waals surface area contributed by atoms with Crippen molar-refractivity contribution in [2.24, 2.45) is 11.8 Å². The van der Waals surface area contributed by atoms with E-state index in [2.05, 4.69) is 0 Å². The zero-order valence-corrected chi connectivity index (χ0v) is 14.7. The number of carbonyl (C=O) groups excluding carboxylic acids is 3. The van der Waals surface area contributed by atoms with Crippen molar-refractivity contribution in [2.45, 2.75) is 26.2 Å². The van der Waals surface area contributed by atoms with Crippen LogP contribution in [-0.2, 0) is 19.1 Å². The predicted octanol–water partition coefficient (Wildman–Crippen LogP) is 1.76. The van der Waals surface area contributed by atoms with E-state index < -0.39 is 0 Å². The van der Waals surface area contributed by atoms with E-state index in [0.717, 1.165) is 11.3 Å². The number of rotatable bonds is 3. The average Bonchev–Trinajstić information content (AvgIpc) is 3.02. The highest BCUT2D eigenvalue weighted by molar-refractivity contribution is 6.00. The van der Waals surface area contributed by atoms with E-state index in [1.807, 2.05) is 31.2 Å². The van der Waals surface area contributed by atoms with Crippen LogP contribution in [0.5, 0.6) is 0 Å². The van der Waals surface area contributed by atoms with Crippen LogP contribution in [0.4, 0.5) is 5.69 Å². The van der Waals surface area contributed by atoms with Gasteiger partial charge >= 0.3 is 5.97 Å². The number of hydrogen-bond donors (Lipinski definition) is 0. The molecule has 0 spiro atoms. The van der Waals surface area contributed by atoms with Crippen molar-refractivity contribution in [3.63, 3.8) is 0 Å². The van der Waals surface area contributed by atoms with E-state index in [1.165, 1.54) is 7.11 Å². The summed E-state index contributed by atoms with van der Waals surface area (Å²) < 4.78 is 4.78. The first kappa shape index (κ1) is 17.5. The van der Waals surface area contributed by atoms with Crippen molar-refractivity contribution in [3.05, 3.63) is 29.8 Å². The van der Waals surface area contributed by atoms with Crippen LogP contribution < -0.4 is 4.90 Å². The fourth-order valence-corrected chi connectivity index (χ4v) is 3.68. The third-order valence-electron chi connectivity index (χ3n) is 5.13. The summed E-state index contributed by atoms with van der Waals surface area (Å²) in [7, 11) is 1.39. The molecule has 6 nitrogen and oxygen atoms in total. The number of benzene rings is 1. The van der Waals surface area contributed by atoms with Gasteiger partial charge in [0, 0.05) is 31.7 Å². The summed E-state index contributed by atoms with van der Waals surface area (Å²) in [5.74, 6) is -0.611. The average molecular weight is 344 g/mol. The number of hydrogen-bond acceptors (Lipinski definition) is 4. The summed E-state index contributed by atoms with van der Waals surface area (Å²) in [6.45, 7) is 3.51. The third-order valence-corrected chi connectivity index (χ3v) is 5.13. The summed E-state index contributed by atoms with van der Waals surface area (Å²) in [5.41, 5.74) is 1.94. The SMILES string of the molecule is COC(=O)C1CCN(C(=O)[C@H]2CC(=O)N(c3cccc(C)c3)C2)CC1. The normalized spacial score (nSPS) is 21.5. The first-order valence-electron chi connectivity index (χ1n) is 8.73. The first-order chi connectivity index (χ1) is 12.0. The molecule has 2 heterocycles. The monoisotopic (exact) mass is 344 g/mol. The fraction of sp³-hybridized carbons (Fsp3) is 0.526. The molecular formula is C19H24N2O4. The highest BCUT2D eigenvalue weighted by Gasteiger charge is 2.38. The van der Waals surface area contributed by atoms with Crippen LogP contribution in [0.3, 0.4) is 0 Å². The Bertz CT molecular complexity index is 680. The molecule has 0 aliphatic carbocycles. The maximum absolute atomic E-state index is 12.8. The minimum Gasteiger partial charge on any atom is -0.469 e. The van der Waals surface area contributed by atoms with Crippen LogP contribution in [0, 0.1) is 18.8 Å². The minimum absolute atomic E-state index is 0.00611. The van der Waals surface area contributed by atoms with Gasteiger partial charge < -0.3 is 14.5 Å². The van der Waals surface area contributed by atoms with Gasteiger partial charge in [-0.25, -0.2) is 0 Å². The molecule has 6 heteroatoms. The minimum atomic E-state index is -0.303. The number of piperidine rings is 1. The molecule has 134 valence electrons. The van der Waals surface area contributed by atoms with Crippen LogP contribution in [-0.4, -0.2) is 49.4 Å². The first-order valence-corrected chi connectivity index (χ1v) is 8.73. The molecule has 1 atom stereocenters. The number of anilines is 1. The zero-order valence-electron chi connectivity index (χ0n) is 14.7. The van der Waals surface area contributed by atoms with E-state index >= 15 is 0 Å². The quantitative estimate of drug-likeness (QED) is 0.784. The van der Waals surface area contributed by atoms with E-state index in [4.69, 9.17) is 4.74 Å². The standard InChI is InChI=1S/C19H24N2O4/c1-13-4-3-5-16(10-13)21-12-15(11-17(21)22)18(23)20-8-6-14(7-9-20)19(24)25-2/h3-5,10,14-15H,6-9,11-12H2,1-2H3/t15-/m0/s1. The molecule has 2 saturated heterocycles. The molecule has 0 N–H and O–H groups in total. The maximum atomic E-state index is 12.8. The molecule has 2 fully saturated rings. The lowest BCUT2D eigenvalue weighted by Gasteiger charge is -2.32. The Morgan fingerprint density at radius 1 is 1.16 bits per heavy atom.